The highest BCUT2D eigenvalue weighted by Crippen LogP contribution is 2.29. The van der Waals surface area contributed by atoms with Gasteiger partial charge in [0, 0.05) is 39.1 Å². The van der Waals surface area contributed by atoms with Crippen LogP contribution in [0.1, 0.15) is 24.8 Å². The topological polar surface area (TPSA) is 23.6 Å². The van der Waals surface area contributed by atoms with E-state index in [4.69, 9.17) is 0 Å². The lowest BCUT2D eigenvalue weighted by Crippen LogP contribution is -2.49. The third-order valence-corrected chi connectivity index (χ3v) is 4.50. The predicted molar refractivity (Wildman–Crippen MR) is 80.5 cm³/mol. The minimum absolute atomic E-state index is 0.157. The summed E-state index contributed by atoms with van der Waals surface area (Å²) in [4.78, 5) is 16.6. The van der Waals surface area contributed by atoms with Crippen LogP contribution in [-0.2, 0) is 11.2 Å². The third kappa shape index (κ3) is 4.03. The summed E-state index contributed by atoms with van der Waals surface area (Å²) < 4.78 is 13.5. The Kier molecular flexibility index (Phi) is 4.54. The number of benzene rings is 1. The number of hydrogen-bond acceptors (Lipinski definition) is 2. The average molecular weight is 290 g/mol. The fourth-order valence-electron chi connectivity index (χ4n) is 2.95. The van der Waals surface area contributed by atoms with E-state index in [0.29, 0.717) is 18.4 Å². The van der Waals surface area contributed by atoms with E-state index in [1.54, 1.807) is 12.1 Å². The maximum Gasteiger partial charge on any atom is 0.222 e. The number of carbonyl (C=O) groups excluding carboxylic acids is 1. The SMILES string of the molecule is O=C(CCc1ccccc1F)N1CCN(CC2CC2)CC1. The van der Waals surface area contributed by atoms with Gasteiger partial charge in [-0.2, -0.15) is 0 Å². The van der Waals surface area contributed by atoms with Crippen LogP contribution in [0.3, 0.4) is 0 Å². The van der Waals surface area contributed by atoms with Gasteiger partial charge >= 0.3 is 0 Å². The van der Waals surface area contributed by atoms with Crippen LogP contribution < -0.4 is 0 Å². The summed E-state index contributed by atoms with van der Waals surface area (Å²) in [6.07, 6.45) is 3.65. The van der Waals surface area contributed by atoms with Crippen LogP contribution >= 0.6 is 0 Å². The van der Waals surface area contributed by atoms with Crippen LogP contribution in [0.25, 0.3) is 0 Å². The molecule has 0 radical (unpaired) electrons. The van der Waals surface area contributed by atoms with Crippen molar-refractivity contribution in [2.75, 3.05) is 32.7 Å². The number of nitrogens with zero attached hydrogens (tertiary/aromatic N) is 2. The van der Waals surface area contributed by atoms with E-state index in [-0.39, 0.29) is 11.7 Å². The summed E-state index contributed by atoms with van der Waals surface area (Å²) in [6.45, 7) is 4.83. The molecule has 0 unspecified atom stereocenters. The maximum atomic E-state index is 13.5. The number of carbonyl (C=O) groups is 1. The van der Waals surface area contributed by atoms with E-state index in [9.17, 15) is 9.18 Å². The van der Waals surface area contributed by atoms with Crippen LogP contribution in [0.2, 0.25) is 0 Å². The molecule has 0 bridgehead atoms. The molecule has 1 aromatic rings. The highest BCUT2D eigenvalue weighted by molar-refractivity contribution is 5.76. The van der Waals surface area contributed by atoms with Gasteiger partial charge in [0.2, 0.25) is 5.91 Å². The average Bonchev–Trinajstić information content (AvgIpc) is 3.31. The van der Waals surface area contributed by atoms with Gasteiger partial charge in [0.25, 0.3) is 0 Å². The zero-order chi connectivity index (χ0) is 14.7. The number of amides is 1. The zero-order valence-corrected chi connectivity index (χ0v) is 12.4. The Balaban J connectivity index is 1.42. The summed E-state index contributed by atoms with van der Waals surface area (Å²) in [7, 11) is 0. The second-order valence-electron chi connectivity index (χ2n) is 6.22. The van der Waals surface area contributed by atoms with Crippen LogP contribution in [0, 0.1) is 11.7 Å². The summed E-state index contributed by atoms with van der Waals surface area (Å²) in [6, 6.07) is 6.71. The third-order valence-electron chi connectivity index (χ3n) is 4.50. The van der Waals surface area contributed by atoms with Crippen LogP contribution in [0.5, 0.6) is 0 Å². The largest absolute Gasteiger partial charge is 0.340 e. The standard InChI is InChI=1S/C17H23FN2O/c18-16-4-2-1-3-15(16)7-8-17(21)20-11-9-19(10-12-20)13-14-5-6-14/h1-4,14H,5-13H2. The lowest BCUT2D eigenvalue weighted by Gasteiger charge is -2.34. The van der Waals surface area contributed by atoms with Crippen LogP contribution in [-0.4, -0.2) is 48.4 Å². The number of piperazine rings is 1. The molecule has 0 spiro atoms. The number of hydrogen-bond donors (Lipinski definition) is 0. The molecule has 1 saturated heterocycles. The van der Waals surface area contributed by atoms with Gasteiger partial charge in [-0.1, -0.05) is 18.2 Å². The number of aryl methyl sites for hydroxylation is 1. The van der Waals surface area contributed by atoms with Crippen molar-refractivity contribution in [2.45, 2.75) is 25.7 Å². The van der Waals surface area contributed by atoms with Gasteiger partial charge in [0.1, 0.15) is 5.82 Å². The van der Waals surface area contributed by atoms with Crippen molar-refractivity contribution in [1.29, 1.82) is 0 Å². The Morgan fingerprint density at radius 2 is 1.86 bits per heavy atom. The maximum absolute atomic E-state index is 13.5. The van der Waals surface area contributed by atoms with E-state index < -0.39 is 0 Å². The summed E-state index contributed by atoms with van der Waals surface area (Å²) in [5.41, 5.74) is 0.637. The van der Waals surface area contributed by atoms with Crippen molar-refractivity contribution in [3.8, 4) is 0 Å². The summed E-state index contributed by atoms with van der Waals surface area (Å²) in [5.74, 6) is 0.859. The van der Waals surface area contributed by atoms with Crippen molar-refractivity contribution in [1.82, 2.24) is 9.80 Å². The Bertz CT molecular complexity index is 493. The van der Waals surface area contributed by atoms with Crippen molar-refractivity contribution in [3.05, 3.63) is 35.6 Å². The Hall–Kier alpha value is -1.42. The quantitative estimate of drug-likeness (QED) is 0.831. The summed E-state index contributed by atoms with van der Waals surface area (Å²) in [5, 5.41) is 0. The molecule has 21 heavy (non-hydrogen) atoms. The van der Waals surface area contributed by atoms with Crippen LogP contribution in [0.4, 0.5) is 4.39 Å². The molecular weight excluding hydrogens is 267 g/mol. The molecule has 0 N–H and O–H groups in total. The molecule has 1 amide bonds. The van der Waals surface area contributed by atoms with Gasteiger partial charge in [0.15, 0.2) is 0 Å². The fourth-order valence-corrected chi connectivity index (χ4v) is 2.95. The normalized spacial score (nSPS) is 19.8. The van der Waals surface area contributed by atoms with Gasteiger partial charge in [-0.05, 0) is 36.8 Å². The molecule has 1 saturated carbocycles. The molecule has 1 aliphatic carbocycles. The molecule has 0 aromatic heterocycles. The lowest BCUT2D eigenvalue weighted by atomic mass is 10.1. The molecule has 3 rings (SSSR count). The highest BCUT2D eigenvalue weighted by atomic mass is 19.1. The first-order valence-electron chi connectivity index (χ1n) is 7.96. The smallest absolute Gasteiger partial charge is 0.222 e. The zero-order valence-electron chi connectivity index (χ0n) is 12.4. The van der Waals surface area contributed by atoms with Gasteiger partial charge in [-0.3, -0.25) is 9.69 Å². The predicted octanol–water partition coefficient (Wildman–Crippen LogP) is 2.31. The van der Waals surface area contributed by atoms with Crippen molar-refractivity contribution < 1.29 is 9.18 Å². The number of halogens is 1. The van der Waals surface area contributed by atoms with Crippen molar-refractivity contribution >= 4 is 5.91 Å². The first-order valence-corrected chi connectivity index (χ1v) is 7.96. The second-order valence-corrected chi connectivity index (χ2v) is 6.22. The molecule has 4 heteroatoms. The molecule has 0 atom stereocenters. The molecule has 2 fully saturated rings. The van der Waals surface area contributed by atoms with Gasteiger partial charge in [-0.15, -0.1) is 0 Å². The summed E-state index contributed by atoms with van der Waals surface area (Å²) >= 11 is 0. The Morgan fingerprint density at radius 1 is 1.14 bits per heavy atom. The van der Waals surface area contributed by atoms with Crippen LogP contribution in [0.15, 0.2) is 24.3 Å². The molecule has 114 valence electrons. The van der Waals surface area contributed by atoms with E-state index in [1.807, 2.05) is 11.0 Å². The van der Waals surface area contributed by atoms with Gasteiger partial charge in [-0.25, -0.2) is 4.39 Å². The van der Waals surface area contributed by atoms with Gasteiger partial charge < -0.3 is 4.90 Å². The lowest BCUT2D eigenvalue weighted by molar-refractivity contribution is -0.132. The van der Waals surface area contributed by atoms with E-state index in [0.717, 1.165) is 32.1 Å². The molecule has 3 nitrogen and oxygen atoms in total. The second kappa shape index (κ2) is 6.56. The van der Waals surface area contributed by atoms with Crippen molar-refractivity contribution in [3.63, 3.8) is 0 Å². The minimum atomic E-state index is -0.209. The van der Waals surface area contributed by atoms with Gasteiger partial charge in [0.05, 0.1) is 0 Å². The molecule has 1 aliphatic heterocycles. The Labute approximate surface area is 125 Å². The Morgan fingerprint density at radius 3 is 2.52 bits per heavy atom. The molecular formula is C17H23FN2O. The van der Waals surface area contributed by atoms with E-state index in [1.165, 1.54) is 25.5 Å². The number of rotatable bonds is 5. The minimum Gasteiger partial charge on any atom is -0.340 e. The molecule has 2 aliphatic rings. The fraction of sp³-hybridized carbons (Fsp3) is 0.588. The monoisotopic (exact) mass is 290 g/mol. The molecule has 1 aromatic carbocycles. The first kappa shape index (κ1) is 14.5. The van der Waals surface area contributed by atoms with E-state index in [2.05, 4.69) is 4.90 Å². The molecule has 1 heterocycles. The highest BCUT2D eigenvalue weighted by Gasteiger charge is 2.27. The van der Waals surface area contributed by atoms with E-state index >= 15 is 0 Å². The first-order chi connectivity index (χ1) is 10.2. The van der Waals surface area contributed by atoms with Crippen molar-refractivity contribution in [2.24, 2.45) is 5.92 Å².